The first-order chi connectivity index (χ1) is 10.1. The summed E-state index contributed by atoms with van der Waals surface area (Å²) in [6, 6.07) is 11.9. The van der Waals surface area contributed by atoms with E-state index in [1.165, 1.54) is 0 Å². The summed E-state index contributed by atoms with van der Waals surface area (Å²) >= 11 is 0. The van der Waals surface area contributed by atoms with Gasteiger partial charge < -0.3 is 10.4 Å². The summed E-state index contributed by atoms with van der Waals surface area (Å²) in [4.78, 5) is 0. The van der Waals surface area contributed by atoms with Crippen molar-refractivity contribution in [2.75, 3.05) is 5.32 Å². The van der Waals surface area contributed by atoms with Crippen LogP contribution >= 0.6 is 0 Å². The number of aryl methyl sites for hydroxylation is 2. The van der Waals surface area contributed by atoms with Gasteiger partial charge in [0, 0.05) is 10.9 Å². The molecule has 1 unspecified atom stereocenters. The number of nitrogens with zero attached hydrogens (tertiary/aromatic N) is 1. The van der Waals surface area contributed by atoms with Crippen molar-refractivity contribution in [3.8, 4) is 5.75 Å². The van der Waals surface area contributed by atoms with Gasteiger partial charge in [-0.3, -0.25) is 5.10 Å². The number of fused-ring (bicyclic) bond motifs is 1. The second kappa shape index (κ2) is 5.13. The fraction of sp³-hybridized carbons (Fsp3) is 0.235. The van der Waals surface area contributed by atoms with Gasteiger partial charge in [-0.25, -0.2) is 0 Å². The van der Waals surface area contributed by atoms with E-state index in [1.807, 2.05) is 57.2 Å². The van der Waals surface area contributed by atoms with Crippen LogP contribution in [-0.4, -0.2) is 15.3 Å². The maximum Gasteiger partial charge on any atom is 0.128 e. The zero-order valence-corrected chi connectivity index (χ0v) is 12.4. The molecule has 0 amide bonds. The third-order valence-corrected chi connectivity index (χ3v) is 3.89. The number of aromatic nitrogens is 2. The molecule has 1 atom stereocenters. The predicted octanol–water partition coefficient (Wildman–Crippen LogP) is 4.06. The Labute approximate surface area is 123 Å². The molecule has 0 aliphatic rings. The van der Waals surface area contributed by atoms with Gasteiger partial charge in [-0.1, -0.05) is 36.4 Å². The average Bonchev–Trinajstić information content (AvgIpc) is 2.79. The number of phenolic OH excluding ortho intramolecular Hbond substituents is 1. The van der Waals surface area contributed by atoms with E-state index in [0.717, 1.165) is 33.4 Å². The number of hydrogen-bond acceptors (Lipinski definition) is 3. The van der Waals surface area contributed by atoms with Crippen molar-refractivity contribution in [1.82, 2.24) is 10.2 Å². The lowest BCUT2D eigenvalue weighted by Gasteiger charge is -2.18. The van der Waals surface area contributed by atoms with Crippen LogP contribution in [0.1, 0.15) is 29.9 Å². The number of H-pyrrole nitrogens is 1. The molecule has 21 heavy (non-hydrogen) atoms. The molecule has 0 saturated heterocycles. The second-order valence-corrected chi connectivity index (χ2v) is 5.40. The topological polar surface area (TPSA) is 60.9 Å². The molecule has 0 bridgehead atoms. The van der Waals surface area contributed by atoms with Crippen LogP contribution in [0.3, 0.4) is 0 Å². The molecule has 108 valence electrons. The van der Waals surface area contributed by atoms with Crippen LogP contribution in [0.25, 0.3) is 10.8 Å². The summed E-state index contributed by atoms with van der Waals surface area (Å²) < 4.78 is 0. The summed E-state index contributed by atoms with van der Waals surface area (Å²) in [5.41, 5.74) is 3.81. The van der Waals surface area contributed by atoms with Crippen LogP contribution in [0.4, 0.5) is 5.69 Å². The number of anilines is 1. The van der Waals surface area contributed by atoms with Crippen LogP contribution in [0.5, 0.6) is 5.75 Å². The van der Waals surface area contributed by atoms with Gasteiger partial charge >= 0.3 is 0 Å². The number of benzene rings is 2. The summed E-state index contributed by atoms with van der Waals surface area (Å²) in [7, 11) is 0. The van der Waals surface area contributed by atoms with Gasteiger partial charge in [-0.05, 0) is 26.2 Å². The van der Waals surface area contributed by atoms with Gasteiger partial charge in [0.1, 0.15) is 5.75 Å². The van der Waals surface area contributed by atoms with E-state index >= 15 is 0 Å². The van der Waals surface area contributed by atoms with Crippen LogP contribution in [0.15, 0.2) is 36.4 Å². The average molecular weight is 281 g/mol. The Morgan fingerprint density at radius 3 is 2.62 bits per heavy atom. The number of hydrogen-bond donors (Lipinski definition) is 3. The summed E-state index contributed by atoms with van der Waals surface area (Å²) in [6.45, 7) is 5.98. The van der Waals surface area contributed by atoms with Crippen LogP contribution in [0.2, 0.25) is 0 Å². The SMILES string of the molecule is Cc1n[nH]c(C)c1NC(C)c1ccc2ccccc2c1O. The van der Waals surface area contributed by atoms with E-state index in [4.69, 9.17) is 0 Å². The molecule has 3 N–H and O–H groups in total. The Morgan fingerprint density at radius 1 is 1.14 bits per heavy atom. The van der Waals surface area contributed by atoms with Gasteiger partial charge in [-0.15, -0.1) is 0 Å². The summed E-state index contributed by atoms with van der Waals surface area (Å²) in [5, 5.41) is 23.0. The molecular weight excluding hydrogens is 262 g/mol. The molecule has 1 aromatic heterocycles. The molecule has 0 saturated carbocycles. The molecule has 3 aromatic rings. The number of aromatic amines is 1. The number of nitrogens with one attached hydrogen (secondary N) is 2. The highest BCUT2D eigenvalue weighted by atomic mass is 16.3. The Bertz CT molecular complexity index is 772. The maximum absolute atomic E-state index is 10.5. The Balaban J connectivity index is 1.98. The van der Waals surface area contributed by atoms with Gasteiger partial charge in [0.2, 0.25) is 0 Å². The highest BCUT2D eigenvalue weighted by molar-refractivity contribution is 5.89. The lowest BCUT2D eigenvalue weighted by Crippen LogP contribution is -2.08. The van der Waals surface area contributed by atoms with Gasteiger partial charge in [-0.2, -0.15) is 5.10 Å². The van der Waals surface area contributed by atoms with E-state index in [1.54, 1.807) is 0 Å². The van der Waals surface area contributed by atoms with E-state index in [9.17, 15) is 5.11 Å². The number of aromatic hydroxyl groups is 1. The van der Waals surface area contributed by atoms with Crippen LogP contribution in [-0.2, 0) is 0 Å². The molecular formula is C17H19N3O. The number of phenols is 1. The Kier molecular flexibility index (Phi) is 3.29. The normalized spacial score (nSPS) is 12.5. The van der Waals surface area contributed by atoms with Crippen molar-refractivity contribution in [2.24, 2.45) is 0 Å². The molecule has 3 rings (SSSR count). The standard InChI is InChI=1S/C17H19N3O/c1-10(18-16-11(2)19-20-12(16)3)14-9-8-13-6-4-5-7-15(13)17(14)21/h4-10,18,21H,1-3H3,(H,19,20). The molecule has 4 heteroatoms. The zero-order chi connectivity index (χ0) is 15.0. The molecule has 4 nitrogen and oxygen atoms in total. The highest BCUT2D eigenvalue weighted by Crippen LogP contribution is 2.34. The fourth-order valence-electron chi connectivity index (χ4n) is 2.68. The van der Waals surface area contributed by atoms with E-state index < -0.39 is 0 Å². The minimum absolute atomic E-state index is 0.00962. The lowest BCUT2D eigenvalue weighted by molar-refractivity contribution is 0.472. The minimum Gasteiger partial charge on any atom is -0.507 e. The highest BCUT2D eigenvalue weighted by Gasteiger charge is 2.15. The molecule has 0 spiro atoms. The molecule has 0 aliphatic carbocycles. The predicted molar refractivity (Wildman–Crippen MR) is 85.7 cm³/mol. The fourth-order valence-corrected chi connectivity index (χ4v) is 2.68. The van der Waals surface area contributed by atoms with Crippen molar-refractivity contribution < 1.29 is 5.11 Å². The van der Waals surface area contributed by atoms with Crippen molar-refractivity contribution in [2.45, 2.75) is 26.8 Å². The third-order valence-electron chi connectivity index (χ3n) is 3.89. The third kappa shape index (κ3) is 2.33. The van der Waals surface area contributed by atoms with E-state index in [2.05, 4.69) is 15.5 Å². The molecule has 2 aromatic carbocycles. The first-order valence-electron chi connectivity index (χ1n) is 7.06. The lowest BCUT2D eigenvalue weighted by atomic mass is 10.0. The molecule has 0 aliphatic heterocycles. The van der Waals surface area contributed by atoms with E-state index in [-0.39, 0.29) is 6.04 Å². The van der Waals surface area contributed by atoms with Crippen LogP contribution in [0, 0.1) is 13.8 Å². The quantitative estimate of drug-likeness (QED) is 0.678. The monoisotopic (exact) mass is 281 g/mol. The summed E-state index contributed by atoms with van der Waals surface area (Å²) in [5.74, 6) is 0.340. The Morgan fingerprint density at radius 2 is 1.90 bits per heavy atom. The molecule has 1 heterocycles. The first kappa shape index (κ1) is 13.5. The first-order valence-corrected chi connectivity index (χ1v) is 7.06. The second-order valence-electron chi connectivity index (χ2n) is 5.40. The van der Waals surface area contributed by atoms with Gasteiger partial charge in [0.25, 0.3) is 0 Å². The largest absolute Gasteiger partial charge is 0.507 e. The molecule has 0 fully saturated rings. The van der Waals surface area contributed by atoms with Gasteiger partial charge in [0.15, 0.2) is 0 Å². The van der Waals surface area contributed by atoms with E-state index in [0.29, 0.717) is 5.75 Å². The molecule has 0 radical (unpaired) electrons. The van der Waals surface area contributed by atoms with Crippen molar-refractivity contribution in [3.63, 3.8) is 0 Å². The number of rotatable bonds is 3. The Hall–Kier alpha value is -2.49. The van der Waals surface area contributed by atoms with Gasteiger partial charge in [0.05, 0.1) is 23.1 Å². The summed E-state index contributed by atoms with van der Waals surface area (Å²) in [6.07, 6.45) is 0. The zero-order valence-electron chi connectivity index (χ0n) is 12.4. The minimum atomic E-state index is -0.00962. The van der Waals surface area contributed by atoms with Crippen molar-refractivity contribution in [1.29, 1.82) is 0 Å². The van der Waals surface area contributed by atoms with Crippen molar-refractivity contribution >= 4 is 16.5 Å². The van der Waals surface area contributed by atoms with Crippen LogP contribution < -0.4 is 5.32 Å². The smallest absolute Gasteiger partial charge is 0.128 e. The maximum atomic E-state index is 10.5. The van der Waals surface area contributed by atoms with Crippen molar-refractivity contribution in [3.05, 3.63) is 53.3 Å².